The number of rotatable bonds is 2. The van der Waals surface area contributed by atoms with Crippen LogP contribution in [0.5, 0.6) is 0 Å². The number of carbonyl (C=O) groups is 1. The van der Waals surface area contributed by atoms with Crippen molar-refractivity contribution in [1.29, 1.82) is 0 Å². The van der Waals surface area contributed by atoms with Crippen LogP contribution in [-0.2, 0) is 11.2 Å². The molecule has 0 radical (unpaired) electrons. The molecule has 1 aromatic rings. The Hall–Kier alpha value is -0.280. The van der Waals surface area contributed by atoms with Gasteiger partial charge in [0.25, 0.3) is 0 Å². The van der Waals surface area contributed by atoms with E-state index in [1.165, 1.54) is 0 Å². The molecule has 0 aliphatic rings. The van der Waals surface area contributed by atoms with Crippen LogP contribution in [0.1, 0.15) is 12.5 Å². The molecular weight excluding hydrogens is 236 g/mol. The fraction of sp³-hybridized carbons (Fsp3) is 0.222. The van der Waals surface area contributed by atoms with Gasteiger partial charge in [0.05, 0.1) is 0 Å². The highest BCUT2D eigenvalue weighted by Gasteiger charge is 2.03. The summed E-state index contributed by atoms with van der Waals surface area (Å²) in [5.41, 5.74) is 0.972. The van der Waals surface area contributed by atoms with Crippen molar-refractivity contribution in [2.75, 3.05) is 0 Å². The molecule has 0 N–H and O–H groups in total. The van der Waals surface area contributed by atoms with Gasteiger partial charge in [-0.1, -0.05) is 12.1 Å². The van der Waals surface area contributed by atoms with E-state index < -0.39 is 0 Å². The Bertz CT molecular complexity index is 309. The number of carbonyl (C=O) groups excluding carboxylic acids is 1. The van der Waals surface area contributed by atoms with Gasteiger partial charge in [0.2, 0.25) is 0 Å². The Morgan fingerprint density at radius 2 is 2.25 bits per heavy atom. The molecule has 12 heavy (non-hydrogen) atoms. The second-order valence-corrected chi connectivity index (χ2v) is 3.93. The van der Waals surface area contributed by atoms with Crippen molar-refractivity contribution < 1.29 is 4.79 Å². The molecule has 0 bridgehead atoms. The summed E-state index contributed by atoms with van der Waals surface area (Å²) in [7, 11) is 0. The van der Waals surface area contributed by atoms with Gasteiger partial charge < -0.3 is 0 Å². The summed E-state index contributed by atoms with van der Waals surface area (Å²) in [5, 5.41) is 0. The molecule has 0 saturated carbocycles. The highest BCUT2D eigenvalue weighted by molar-refractivity contribution is 9.10. The second-order valence-electron chi connectivity index (χ2n) is 2.63. The number of hydrogen-bond donors (Lipinski definition) is 1. The maximum atomic E-state index is 10.8. The third-order valence-electron chi connectivity index (χ3n) is 1.51. The first-order valence-electron chi connectivity index (χ1n) is 3.57. The topological polar surface area (TPSA) is 17.1 Å². The first-order valence-corrected chi connectivity index (χ1v) is 4.81. The Labute approximate surface area is 85.7 Å². The molecule has 0 aliphatic heterocycles. The van der Waals surface area contributed by atoms with Gasteiger partial charge in [-0.05, 0) is 34.5 Å². The van der Waals surface area contributed by atoms with E-state index in [9.17, 15) is 4.79 Å². The van der Waals surface area contributed by atoms with E-state index in [-0.39, 0.29) is 5.78 Å². The summed E-state index contributed by atoms with van der Waals surface area (Å²) in [6, 6.07) is 5.72. The number of halogens is 1. The Balaban J connectivity index is 3.00. The van der Waals surface area contributed by atoms with E-state index in [4.69, 9.17) is 0 Å². The van der Waals surface area contributed by atoms with Gasteiger partial charge in [-0.15, -0.1) is 12.6 Å². The molecule has 0 fully saturated rings. The van der Waals surface area contributed by atoms with Crippen molar-refractivity contribution in [1.82, 2.24) is 0 Å². The Morgan fingerprint density at radius 3 is 2.83 bits per heavy atom. The zero-order valence-electron chi connectivity index (χ0n) is 6.67. The van der Waals surface area contributed by atoms with Crippen LogP contribution in [0.15, 0.2) is 27.6 Å². The fourth-order valence-electron chi connectivity index (χ4n) is 0.971. The van der Waals surface area contributed by atoms with E-state index >= 15 is 0 Å². The minimum atomic E-state index is 0.156. The van der Waals surface area contributed by atoms with Crippen molar-refractivity contribution in [3.05, 3.63) is 28.2 Å². The Morgan fingerprint density at radius 1 is 1.58 bits per heavy atom. The predicted octanol–water partition coefficient (Wildman–Crippen LogP) is 2.87. The summed E-state index contributed by atoms with van der Waals surface area (Å²) in [4.78, 5) is 11.7. The third kappa shape index (κ3) is 2.35. The summed E-state index contributed by atoms with van der Waals surface area (Å²) in [6.07, 6.45) is 0.457. The monoisotopic (exact) mass is 244 g/mol. The van der Waals surface area contributed by atoms with Gasteiger partial charge in [0, 0.05) is 15.8 Å². The lowest BCUT2D eigenvalue weighted by Gasteiger charge is -2.03. The average Bonchev–Trinajstić information content (AvgIpc) is 1.98. The van der Waals surface area contributed by atoms with E-state index in [1.54, 1.807) is 6.92 Å². The van der Waals surface area contributed by atoms with Crippen LogP contribution in [0.4, 0.5) is 0 Å². The predicted molar refractivity (Wildman–Crippen MR) is 55.8 cm³/mol. The first kappa shape index (κ1) is 9.81. The van der Waals surface area contributed by atoms with Gasteiger partial charge in [-0.2, -0.15) is 0 Å². The lowest BCUT2D eigenvalue weighted by molar-refractivity contribution is -0.116. The van der Waals surface area contributed by atoms with Gasteiger partial charge in [-0.3, -0.25) is 4.79 Å². The third-order valence-corrected chi connectivity index (χ3v) is 3.01. The molecule has 0 heterocycles. The SMILES string of the molecule is CC(=O)Cc1cccc(Br)c1S. The molecule has 0 aliphatic carbocycles. The first-order chi connectivity index (χ1) is 5.61. The van der Waals surface area contributed by atoms with Gasteiger partial charge in [0.1, 0.15) is 5.78 Å². The maximum absolute atomic E-state index is 10.8. The number of benzene rings is 1. The van der Waals surface area contributed by atoms with Crippen LogP contribution in [0.25, 0.3) is 0 Å². The largest absolute Gasteiger partial charge is 0.300 e. The van der Waals surface area contributed by atoms with Crippen LogP contribution < -0.4 is 0 Å². The van der Waals surface area contributed by atoms with Gasteiger partial charge >= 0.3 is 0 Å². The summed E-state index contributed by atoms with van der Waals surface area (Å²) < 4.78 is 0.935. The molecule has 64 valence electrons. The molecule has 1 nitrogen and oxygen atoms in total. The molecule has 0 saturated heterocycles. The lowest BCUT2D eigenvalue weighted by Crippen LogP contribution is -1.97. The number of thiol groups is 1. The minimum Gasteiger partial charge on any atom is -0.300 e. The van der Waals surface area contributed by atoms with Gasteiger partial charge in [0.15, 0.2) is 0 Å². The molecule has 0 aromatic heterocycles. The number of ketones is 1. The van der Waals surface area contributed by atoms with Crippen LogP contribution in [0.2, 0.25) is 0 Å². The van der Waals surface area contributed by atoms with E-state index in [0.29, 0.717) is 6.42 Å². The molecule has 0 spiro atoms. The van der Waals surface area contributed by atoms with Crippen LogP contribution in [0.3, 0.4) is 0 Å². The molecule has 0 unspecified atom stereocenters. The zero-order valence-corrected chi connectivity index (χ0v) is 9.15. The van der Waals surface area contributed by atoms with Crippen LogP contribution in [0, 0.1) is 0 Å². The van der Waals surface area contributed by atoms with E-state index in [2.05, 4.69) is 28.6 Å². The standard InChI is InChI=1S/C9H9BrOS/c1-6(11)5-7-3-2-4-8(10)9(7)12/h2-4,12H,5H2,1H3. The minimum absolute atomic E-state index is 0.156. The quantitative estimate of drug-likeness (QED) is 0.793. The fourth-order valence-corrected chi connectivity index (χ4v) is 1.61. The highest BCUT2D eigenvalue weighted by Crippen LogP contribution is 2.24. The second kappa shape index (κ2) is 4.10. The number of hydrogen-bond acceptors (Lipinski definition) is 2. The molecule has 1 aromatic carbocycles. The van der Waals surface area contributed by atoms with E-state index in [0.717, 1.165) is 14.9 Å². The average molecular weight is 245 g/mol. The molecule has 0 atom stereocenters. The van der Waals surface area contributed by atoms with Crippen molar-refractivity contribution in [2.24, 2.45) is 0 Å². The maximum Gasteiger partial charge on any atom is 0.134 e. The molecule has 3 heteroatoms. The summed E-state index contributed by atoms with van der Waals surface area (Å²) in [6.45, 7) is 1.58. The smallest absolute Gasteiger partial charge is 0.134 e. The van der Waals surface area contributed by atoms with Crippen molar-refractivity contribution >= 4 is 34.3 Å². The lowest BCUT2D eigenvalue weighted by atomic mass is 10.1. The Kier molecular flexibility index (Phi) is 3.35. The summed E-state index contributed by atoms with van der Waals surface area (Å²) >= 11 is 7.64. The van der Waals surface area contributed by atoms with Crippen molar-refractivity contribution in [3.8, 4) is 0 Å². The van der Waals surface area contributed by atoms with Crippen molar-refractivity contribution in [2.45, 2.75) is 18.2 Å². The molecular formula is C9H9BrOS. The van der Waals surface area contributed by atoms with E-state index in [1.807, 2.05) is 18.2 Å². The molecule has 1 rings (SSSR count). The molecule has 0 amide bonds. The van der Waals surface area contributed by atoms with Gasteiger partial charge in [-0.25, -0.2) is 0 Å². The zero-order chi connectivity index (χ0) is 9.14. The summed E-state index contributed by atoms with van der Waals surface area (Å²) in [5.74, 6) is 0.156. The van der Waals surface area contributed by atoms with Crippen LogP contribution >= 0.6 is 28.6 Å². The highest BCUT2D eigenvalue weighted by atomic mass is 79.9. The van der Waals surface area contributed by atoms with Crippen molar-refractivity contribution in [3.63, 3.8) is 0 Å². The van der Waals surface area contributed by atoms with Crippen LogP contribution in [-0.4, -0.2) is 5.78 Å². The normalized spacial score (nSPS) is 9.92. The number of Topliss-reactive ketones (excluding diaryl/α,β-unsaturated/α-hetero) is 1.